The molecule has 0 aliphatic heterocycles. The Balaban J connectivity index is 2.38. The van der Waals surface area contributed by atoms with Gasteiger partial charge in [0.05, 0.1) is 12.8 Å². The van der Waals surface area contributed by atoms with E-state index >= 15 is 0 Å². The summed E-state index contributed by atoms with van der Waals surface area (Å²) in [4.78, 5) is 2.16. The average molecular weight is 269 g/mol. The van der Waals surface area contributed by atoms with E-state index in [0.29, 0.717) is 0 Å². The van der Waals surface area contributed by atoms with Crippen molar-refractivity contribution in [2.24, 2.45) is 5.73 Å². The molecule has 2 N–H and O–H groups in total. The molecule has 1 aromatic rings. The van der Waals surface area contributed by atoms with Gasteiger partial charge in [0, 0.05) is 24.2 Å². The van der Waals surface area contributed by atoms with Crippen LogP contribution in [0.5, 0.6) is 5.75 Å². The van der Waals surface area contributed by atoms with Crippen LogP contribution in [0.3, 0.4) is 0 Å². The Labute approximate surface area is 114 Å². The van der Waals surface area contributed by atoms with Gasteiger partial charge in [0.15, 0.2) is 0 Å². The lowest BCUT2D eigenvalue weighted by Crippen LogP contribution is -2.37. The van der Waals surface area contributed by atoms with Crippen LogP contribution in [0.2, 0.25) is 5.02 Å². The highest BCUT2D eigenvalue weighted by atomic mass is 35.5. The standard InChI is InChI=1S/C14H21ClN2O/c1-9-7-11(18-4)13(10(2)12(9)15)17(3)8-14(16)5-6-14/h7H,5-6,8,16H2,1-4H3. The van der Waals surface area contributed by atoms with Gasteiger partial charge in [0.25, 0.3) is 0 Å². The third-order valence-electron chi connectivity index (χ3n) is 3.66. The Hall–Kier alpha value is -0.930. The lowest BCUT2D eigenvalue weighted by Gasteiger charge is -2.27. The predicted molar refractivity (Wildman–Crippen MR) is 76.9 cm³/mol. The quantitative estimate of drug-likeness (QED) is 0.913. The van der Waals surface area contributed by atoms with Gasteiger partial charge in [0.1, 0.15) is 5.75 Å². The van der Waals surface area contributed by atoms with Gasteiger partial charge in [-0.25, -0.2) is 0 Å². The SMILES string of the molecule is COc1cc(C)c(Cl)c(C)c1N(C)CC1(N)CC1. The summed E-state index contributed by atoms with van der Waals surface area (Å²) in [6.07, 6.45) is 2.19. The lowest BCUT2D eigenvalue weighted by molar-refractivity contribution is 0.413. The number of rotatable bonds is 4. The molecule has 0 aromatic heterocycles. The Morgan fingerprint density at radius 3 is 2.56 bits per heavy atom. The van der Waals surface area contributed by atoms with E-state index in [1.165, 1.54) is 0 Å². The van der Waals surface area contributed by atoms with Gasteiger partial charge in [-0.05, 0) is 43.9 Å². The minimum absolute atomic E-state index is 0.0242. The first-order valence-corrected chi connectivity index (χ1v) is 6.59. The van der Waals surface area contributed by atoms with Crippen LogP contribution in [0.25, 0.3) is 0 Å². The number of ether oxygens (including phenoxy) is 1. The predicted octanol–water partition coefficient (Wildman–Crippen LogP) is 2.89. The molecular formula is C14H21ClN2O. The zero-order valence-electron chi connectivity index (χ0n) is 11.5. The van der Waals surface area contributed by atoms with E-state index in [1.54, 1.807) is 7.11 Å². The molecular weight excluding hydrogens is 248 g/mol. The van der Waals surface area contributed by atoms with Crippen LogP contribution in [0, 0.1) is 13.8 Å². The summed E-state index contributed by atoms with van der Waals surface area (Å²) < 4.78 is 5.48. The lowest BCUT2D eigenvalue weighted by atomic mass is 10.1. The van der Waals surface area contributed by atoms with Crippen molar-refractivity contribution in [3.05, 3.63) is 22.2 Å². The molecule has 1 saturated carbocycles. The minimum Gasteiger partial charge on any atom is -0.495 e. The molecule has 0 saturated heterocycles. The highest BCUT2D eigenvalue weighted by Gasteiger charge is 2.39. The molecule has 18 heavy (non-hydrogen) atoms. The second kappa shape index (κ2) is 4.63. The van der Waals surface area contributed by atoms with Crippen LogP contribution in [0.1, 0.15) is 24.0 Å². The fourth-order valence-electron chi connectivity index (χ4n) is 2.41. The van der Waals surface area contributed by atoms with Gasteiger partial charge in [-0.2, -0.15) is 0 Å². The van der Waals surface area contributed by atoms with Crippen molar-refractivity contribution in [1.29, 1.82) is 0 Å². The molecule has 1 aliphatic carbocycles. The summed E-state index contributed by atoms with van der Waals surface area (Å²) in [5.74, 6) is 0.862. The van der Waals surface area contributed by atoms with Gasteiger partial charge in [-0.15, -0.1) is 0 Å². The summed E-state index contributed by atoms with van der Waals surface area (Å²) >= 11 is 6.33. The Morgan fingerprint density at radius 2 is 2.06 bits per heavy atom. The van der Waals surface area contributed by atoms with Gasteiger partial charge in [-0.1, -0.05) is 11.6 Å². The second-order valence-electron chi connectivity index (χ2n) is 5.40. The first-order valence-electron chi connectivity index (χ1n) is 6.22. The largest absolute Gasteiger partial charge is 0.495 e. The molecule has 1 aromatic carbocycles. The zero-order chi connectivity index (χ0) is 13.5. The third kappa shape index (κ3) is 2.43. The number of nitrogens with two attached hydrogens (primary N) is 1. The number of methoxy groups -OCH3 is 1. The molecule has 4 heteroatoms. The first-order chi connectivity index (χ1) is 8.38. The molecule has 3 nitrogen and oxygen atoms in total. The molecule has 1 aliphatic rings. The van der Waals surface area contributed by atoms with Gasteiger partial charge >= 0.3 is 0 Å². The molecule has 1 fully saturated rings. The van der Waals surface area contributed by atoms with Crippen molar-refractivity contribution in [3.63, 3.8) is 0 Å². The minimum atomic E-state index is -0.0242. The van der Waals surface area contributed by atoms with Crippen molar-refractivity contribution in [2.75, 3.05) is 25.6 Å². The van der Waals surface area contributed by atoms with Crippen molar-refractivity contribution in [1.82, 2.24) is 0 Å². The number of likely N-dealkylation sites (N-methyl/N-ethyl adjacent to an activating group) is 1. The van der Waals surface area contributed by atoms with Crippen molar-refractivity contribution >= 4 is 17.3 Å². The molecule has 0 bridgehead atoms. The fraction of sp³-hybridized carbons (Fsp3) is 0.571. The van der Waals surface area contributed by atoms with Crippen LogP contribution in [0.15, 0.2) is 6.07 Å². The number of hydrogen-bond acceptors (Lipinski definition) is 3. The molecule has 100 valence electrons. The van der Waals surface area contributed by atoms with Crippen LogP contribution in [0.4, 0.5) is 5.69 Å². The van der Waals surface area contributed by atoms with E-state index in [4.69, 9.17) is 22.1 Å². The Bertz CT molecular complexity index is 469. The number of nitrogens with zero attached hydrogens (tertiary/aromatic N) is 1. The summed E-state index contributed by atoms with van der Waals surface area (Å²) in [6, 6.07) is 1.98. The van der Waals surface area contributed by atoms with Crippen molar-refractivity contribution in [3.8, 4) is 5.75 Å². The Morgan fingerprint density at radius 1 is 1.44 bits per heavy atom. The van der Waals surface area contributed by atoms with Gasteiger partial charge in [-0.3, -0.25) is 0 Å². The van der Waals surface area contributed by atoms with Crippen LogP contribution >= 0.6 is 11.6 Å². The number of anilines is 1. The number of hydrogen-bond donors (Lipinski definition) is 1. The highest BCUT2D eigenvalue weighted by molar-refractivity contribution is 6.32. The third-order valence-corrected chi connectivity index (χ3v) is 4.24. The van der Waals surface area contributed by atoms with E-state index in [9.17, 15) is 0 Å². The molecule has 0 amide bonds. The van der Waals surface area contributed by atoms with Gasteiger partial charge in [0.2, 0.25) is 0 Å². The molecule has 0 spiro atoms. The van der Waals surface area contributed by atoms with E-state index < -0.39 is 0 Å². The van der Waals surface area contributed by atoms with E-state index in [2.05, 4.69) is 4.90 Å². The monoisotopic (exact) mass is 268 g/mol. The molecule has 0 radical (unpaired) electrons. The zero-order valence-corrected chi connectivity index (χ0v) is 12.3. The maximum atomic E-state index is 6.33. The number of aryl methyl sites for hydroxylation is 1. The normalized spacial score (nSPS) is 16.6. The van der Waals surface area contributed by atoms with Crippen LogP contribution in [-0.2, 0) is 0 Å². The number of halogens is 1. The number of benzene rings is 1. The second-order valence-corrected chi connectivity index (χ2v) is 5.78. The smallest absolute Gasteiger partial charge is 0.142 e. The van der Waals surface area contributed by atoms with Crippen molar-refractivity contribution < 1.29 is 4.74 Å². The van der Waals surface area contributed by atoms with Crippen LogP contribution < -0.4 is 15.4 Å². The first kappa shape index (κ1) is 13.5. The molecule has 0 atom stereocenters. The summed E-state index contributed by atoms with van der Waals surface area (Å²) in [6.45, 7) is 4.86. The summed E-state index contributed by atoms with van der Waals surface area (Å²) in [7, 11) is 3.73. The highest BCUT2D eigenvalue weighted by Crippen LogP contribution is 2.40. The van der Waals surface area contributed by atoms with Crippen LogP contribution in [-0.4, -0.2) is 26.2 Å². The topological polar surface area (TPSA) is 38.5 Å². The summed E-state index contributed by atoms with van der Waals surface area (Å²) in [5, 5.41) is 0.805. The van der Waals surface area contributed by atoms with E-state index in [0.717, 1.165) is 47.0 Å². The molecule has 2 rings (SSSR count). The van der Waals surface area contributed by atoms with Crippen molar-refractivity contribution in [2.45, 2.75) is 32.2 Å². The molecule has 0 unspecified atom stereocenters. The molecule has 0 heterocycles. The maximum absolute atomic E-state index is 6.33. The summed E-state index contributed by atoms with van der Waals surface area (Å²) in [5.41, 5.74) is 9.30. The van der Waals surface area contributed by atoms with E-state index in [-0.39, 0.29) is 5.54 Å². The Kier molecular flexibility index (Phi) is 3.47. The van der Waals surface area contributed by atoms with Gasteiger partial charge < -0.3 is 15.4 Å². The maximum Gasteiger partial charge on any atom is 0.142 e. The fourth-order valence-corrected chi connectivity index (χ4v) is 2.56. The average Bonchev–Trinajstić information content (AvgIpc) is 3.02. The van der Waals surface area contributed by atoms with E-state index in [1.807, 2.05) is 27.0 Å².